The van der Waals surface area contributed by atoms with Crippen LogP contribution < -0.4 is 5.32 Å². The molecular formula is C13H26N2O3S. The molecule has 0 radical (unpaired) electrons. The first-order chi connectivity index (χ1) is 8.78. The molecule has 0 aliphatic heterocycles. The minimum absolute atomic E-state index is 0.0899. The maximum absolute atomic E-state index is 12.1. The van der Waals surface area contributed by atoms with Gasteiger partial charge in [0.25, 0.3) is 0 Å². The number of hydrogen-bond acceptors (Lipinski definition) is 3. The van der Waals surface area contributed by atoms with E-state index >= 15 is 0 Å². The fourth-order valence-electron chi connectivity index (χ4n) is 1.73. The van der Waals surface area contributed by atoms with Crippen molar-refractivity contribution in [3.05, 3.63) is 0 Å². The normalized spacial score (nSPS) is 15.4. The minimum Gasteiger partial charge on any atom is -0.480 e. The molecule has 2 atom stereocenters. The molecule has 0 rings (SSSR count). The number of urea groups is 1. The predicted molar refractivity (Wildman–Crippen MR) is 79.7 cm³/mol. The van der Waals surface area contributed by atoms with Gasteiger partial charge in [0.1, 0.15) is 5.54 Å². The second kappa shape index (κ2) is 8.30. The number of carboxylic acid groups (broad SMARTS) is 1. The Morgan fingerprint density at radius 1 is 1.47 bits per heavy atom. The summed E-state index contributed by atoms with van der Waals surface area (Å²) >= 11 is 1.73. The molecule has 0 aromatic carbocycles. The fraction of sp³-hybridized carbons (Fsp3) is 0.846. The molecule has 112 valence electrons. The van der Waals surface area contributed by atoms with Crippen LogP contribution in [-0.4, -0.2) is 52.6 Å². The molecule has 2 N–H and O–H groups in total. The third kappa shape index (κ3) is 5.72. The molecule has 0 aromatic heterocycles. The van der Waals surface area contributed by atoms with E-state index in [4.69, 9.17) is 0 Å². The lowest BCUT2D eigenvalue weighted by atomic mass is 9.96. The van der Waals surface area contributed by atoms with Crippen LogP contribution in [-0.2, 0) is 4.79 Å². The van der Waals surface area contributed by atoms with E-state index in [-0.39, 0.29) is 12.1 Å². The van der Waals surface area contributed by atoms with Gasteiger partial charge in [-0.25, -0.2) is 9.59 Å². The smallest absolute Gasteiger partial charge is 0.329 e. The lowest BCUT2D eigenvalue weighted by Crippen LogP contribution is -2.56. The molecule has 0 bridgehead atoms. The summed E-state index contributed by atoms with van der Waals surface area (Å²) in [6, 6.07) is -0.237. The van der Waals surface area contributed by atoms with Gasteiger partial charge in [0.15, 0.2) is 0 Å². The first kappa shape index (κ1) is 18.1. The average Bonchev–Trinajstić information content (AvgIpc) is 2.34. The van der Waals surface area contributed by atoms with Gasteiger partial charge in [-0.3, -0.25) is 0 Å². The SMILES string of the molecule is CCCC(C)(NC(=O)N(C)C(C)CCSC)C(=O)O. The molecule has 0 saturated carbocycles. The first-order valence-corrected chi connectivity index (χ1v) is 7.95. The first-order valence-electron chi connectivity index (χ1n) is 6.55. The Kier molecular flexibility index (Phi) is 7.90. The van der Waals surface area contributed by atoms with Crippen molar-refractivity contribution in [2.24, 2.45) is 0 Å². The summed E-state index contributed by atoms with van der Waals surface area (Å²) in [5, 5.41) is 11.9. The molecule has 0 heterocycles. The topological polar surface area (TPSA) is 69.6 Å². The lowest BCUT2D eigenvalue weighted by molar-refractivity contribution is -0.144. The van der Waals surface area contributed by atoms with Gasteiger partial charge in [-0.1, -0.05) is 13.3 Å². The van der Waals surface area contributed by atoms with Crippen LogP contribution in [0.5, 0.6) is 0 Å². The highest BCUT2D eigenvalue weighted by molar-refractivity contribution is 7.98. The van der Waals surface area contributed by atoms with Gasteiger partial charge in [-0.15, -0.1) is 0 Å². The highest BCUT2D eigenvalue weighted by atomic mass is 32.2. The largest absolute Gasteiger partial charge is 0.480 e. The molecule has 5 nitrogen and oxygen atoms in total. The Hall–Kier alpha value is -0.910. The molecule has 0 saturated heterocycles. The molecule has 0 aromatic rings. The minimum atomic E-state index is -1.20. The van der Waals surface area contributed by atoms with E-state index in [0.717, 1.165) is 12.2 Å². The van der Waals surface area contributed by atoms with Crippen molar-refractivity contribution in [3.63, 3.8) is 0 Å². The molecule has 0 aliphatic carbocycles. The van der Waals surface area contributed by atoms with E-state index < -0.39 is 11.5 Å². The van der Waals surface area contributed by atoms with Crippen molar-refractivity contribution < 1.29 is 14.7 Å². The number of aliphatic carboxylic acids is 1. The Morgan fingerprint density at radius 2 is 2.05 bits per heavy atom. The predicted octanol–water partition coefficient (Wildman–Crippen LogP) is 2.41. The van der Waals surface area contributed by atoms with Crippen molar-refractivity contribution in [2.45, 2.75) is 51.6 Å². The van der Waals surface area contributed by atoms with Crippen LogP contribution >= 0.6 is 11.8 Å². The van der Waals surface area contributed by atoms with Gasteiger partial charge >= 0.3 is 12.0 Å². The number of carbonyl (C=O) groups is 2. The summed E-state index contributed by atoms with van der Waals surface area (Å²) in [7, 11) is 1.70. The number of hydrogen-bond donors (Lipinski definition) is 2. The monoisotopic (exact) mass is 290 g/mol. The summed E-state index contributed by atoms with van der Waals surface area (Å²) in [6.07, 6.45) is 4.04. The van der Waals surface area contributed by atoms with E-state index in [1.54, 1.807) is 30.6 Å². The molecule has 6 heteroatoms. The van der Waals surface area contributed by atoms with Crippen molar-refractivity contribution in [1.82, 2.24) is 10.2 Å². The van der Waals surface area contributed by atoms with Crippen LogP contribution in [0.1, 0.15) is 40.0 Å². The second-order valence-corrected chi connectivity index (χ2v) is 6.04. The van der Waals surface area contributed by atoms with Crippen molar-refractivity contribution >= 4 is 23.8 Å². The van der Waals surface area contributed by atoms with Crippen molar-refractivity contribution in [1.29, 1.82) is 0 Å². The average molecular weight is 290 g/mol. The van der Waals surface area contributed by atoms with Gasteiger partial charge in [0, 0.05) is 13.1 Å². The van der Waals surface area contributed by atoms with E-state index in [9.17, 15) is 14.7 Å². The quantitative estimate of drug-likeness (QED) is 0.720. The van der Waals surface area contributed by atoms with Crippen LogP contribution in [0.3, 0.4) is 0 Å². The number of amides is 2. The fourth-order valence-corrected chi connectivity index (χ4v) is 2.31. The standard InChI is InChI=1S/C13H26N2O3S/c1-6-8-13(3,11(16)17)14-12(18)15(4)10(2)7-9-19-5/h10H,6-9H2,1-5H3,(H,14,18)(H,16,17). The Bertz CT molecular complexity index is 312. The second-order valence-electron chi connectivity index (χ2n) is 5.06. The van der Waals surface area contributed by atoms with Gasteiger partial charge in [0.05, 0.1) is 0 Å². The van der Waals surface area contributed by atoms with Crippen LogP contribution in [0.4, 0.5) is 4.79 Å². The summed E-state index contributed by atoms with van der Waals surface area (Å²) in [4.78, 5) is 24.9. The molecule has 0 spiro atoms. The van der Waals surface area contributed by atoms with E-state index in [1.807, 2.05) is 20.1 Å². The number of nitrogens with one attached hydrogen (secondary N) is 1. The van der Waals surface area contributed by atoms with Crippen molar-refractivity contribution in [3.8, 4) is 0 Å². The molecular weight excluding hydrogens is 264 g/mol. The number of nitrogens with zero attached hydrogens (tertiary/aromatic N) is 1. The van der Waals surface area contributed by atoms with E-state index in [0.29, 0.717) is 12.8 Å². The Balaban J connectivity index is 4.60. The summed E-state index contributed by atoms with van der Waals surface area (Å²) in [6.45, 7) is 5.42. The van der Waals surface area contributed by atoms with Gasteiger partial charge in [-0.2, -0.15) is 11.8 Å². The summed E-state index contributed by atoms with van der Waals surface area (Å²) in [5.41, 5.74) is -1.20. The molecule has 0 fully saturated rings. The maximum Gasteiger partial charge on any atom is 0.329 e. The molecule has 0 aliphatic rings. The van der Waals surface area contributed by atoms with Gasteiger partial charge in [-0.05, 0) is 38.7 Å². The Morgan fingerprint density at radius 3 is 2.47 bits per heavy atom. The molecule has 2 amide bonds. The summed E-state index contributed by atoms with van der Waals surface area (Å²) < 4.78 is 0. The third-order valence-electron chi connectivity index (χ3n) is 3.33. The van der Waals surface area contributed by atoms with Gasteiger partial charge in [0.2, 0.25) is 0 Å². The van der Waals surface area contributed by atoms with Crippen LogP contribution in [0.25, 0.3) is 0 Å². The van der Waals surface area contributed by atoms with Crippen LogP contribution in [0, 0.1) is 0 Å². The van der Waals surface area contributed by atoms with Gasteiger partial charge < -0.3 is 15.3 Å². The van der Waals surface area contributed by atoms with Crippen LogP contribution in [0.15, 0.2) is 0 Å². The molecule has 19 heavy (non-hydrogen) atoms. The maximum atomic E-state index is 12.1. The number of carboxylic acids is 1. The zero-order valence-electron chi connectivity index (χ0n) is 12.5. The highest BCUT2D eigenvalue weighted by Gasteiger charge is 2.35. The van der Waals surface area contributed by atoms with E-state index in [2.05, 4.69) is 5.32 Å². The van der Waals surface area contributed by atoms with Crippen molar-refractivity contribution in [2.75, 3.05) is 19.1 Å². The highest BCUT2D eigenvalue weighted by Crippen LogP contribution is 2.14. The Labute approximate surface area is 120 Å². The lowest BCUT2D eigenvalue weighted by Gasteiger charge is -2.31. The number of thioether (sulfide) groups is 1. The summed E-state index contributed by atoms with van der Waals surface area (Å²) in [5.74, 6) is -0.0166. The zero-order chi connectivity index (χ0) is 15.1. The molecule has 2 unspecified atom stereocenters. The van der Waals surface area contributed by atoms with Crippen LogP contribution in [0.2, 0.25) is 0 Å². The zero-order valence-corrected chi connectivity index (χ0v) is 13.3. The number of rotatable bonds is 8. The number of carbonyl (C=O) groups excluding carboxylic acids is 1. The van der Waals surface area contributed by atoms with E-state index in [1.165, 1.54) is 0 Å². The third-order valence-corrected chi connectivity index (χ3v) is 3.97.